The average molecular weight is 533 g/mol. The monoisotopic (exact) mass is 532 g/mol. The van der Waals surface area contributed by atoms with Crippen LogP contribution in [0.5, 0.6) is 11.5 Å². The van der Waals surface area contributed by atoms with Crippen LogP contribution in [0.25, 0.3) is 0 Å². The summed E-state index contributed by atoms with van der Waals surface area (Å²) in [5.41, 5.74) is 1.74. The van der Waals surface area contributed by atoms with Crippen molar-refractivity contribution in [2.75, 3.05) is 28.4 Å². The molecule has 8 nitrogen and oxygen atoms in total. The molecule has 0 N–H and O–H groups in total. The first kappa shape index (κ1) is 30.5. The second-order valence-electron chi connectivity index (χ2n) is 8.17. The minimum atomic E-state index is -0.983. The van der Waals surface area contributed by atoms with Crippen LogP contribution in [0.1, 0.15) is 38.6 Å². The lowest BCUT2D eigenvalue weighted by Gasteiger charge is -2.22. The molecule has 0 aliphatic heterocycles. The number of esters is 2. The van der Waals surface area contributed by atoms with Gasteiger partial charge >= 0.3 is 11.9 Å². The van der Waals surface area contributed by atoms with Crippen LogP contribution >= 0.6 is 0 Å². The lowest BCUT2D eigenvalue weighted by molar-refractivity contribution is -0.144. The highest BCUT2D eigenvalue weighted by molar-refractivity contribution is 6.09. The number of allylic oxidation sites excluding steroid dienone is 1. The zero-order chi connectivity index (χ0) is 28.8. The third-order valence-corrected chi connectivity index (χ3v) is 5.85. The van der Waals surface area contributed by atoms with Crippen LogP contribution in [0, 0.1) is 5.92 Å². The lowest BCUT2D eigenvalue weighted by atomic mass is 9.81. The quantitative estimate of drug-likeness (QED) is 0.146. The maximum atomic E-state index is 12.9. The highest BCUT2D eigenvalue weighted by Crippen LogP contribution is 2.30. The number of carbonyl (C=O) groups is 4. The van der Waals surface area contributed by atoms with Gasteiger partial charge in [-0.05, 0) is 54.1 Å². The fraction of sp³-hybridized carbons (Fsp3) is 0.226. The van der Waals surface area contributed by atoms with E-state index in [9.17, 15) is 19.2 Å². The SMILES string of the molecule is C=CC(c1ccccc1)C(C(=O)OC)C(=O)c1ccc(OC)cc1.COC(=O)CC(=O)c1ccc(OC)cc1. The fourth-order valence-electron chi connectivity index (χ4n) is 3.70. The molecule has 3 rings (SSSR count). The van der Waals surface area contributed by atoms with Crippen molar-refractivity contribution in [2.45, 2.75) is 12.3 Å². The molecular formula is C31H32O8. The number of Topliss-reactive ketones (excluding diaryl/α,β-unsaturated/α-hetero) is 2. The molecule has 0 saturated heterocycles. The van der Waals surface area contributed by atoms with E-state index in [2.05, 4.69) is 11.3 Å². The van der Waals surface area contributed by atoms with Crippen molar-refractivity contribution in [1.82, 2.24) is 0 Å². The summed E-state index contributed by atoms with van der Waals surface area (Å²) >= 11 is 0. The van der Waals surface area contributed by atoms with Crippen molar-refractivity contribution in [2.24, 2.45) is 5.92 Å². The van der Waals surface area contributed by atoms with Crippen LogP contribution in [0.4, 0.5) is 0 Å². The Morgan fingerprint density at radius 2 is 1.23 bits per heavy atom. The van der Waals surface area contributed by atoms with Gasteiger partial charge in [-0.25, -0.2) is 0 Å². The number of benzene rings is 3. The van der Waals surface area contributed by atoms with Crippen molar-refractivity contribution < 1.29 is 38.1 Å². The van der Waals surface area contributed by atoms with E-state index in [1.54, 1.807) is 68.8 Å². The summed E-state index contributed by atoms with van der Waals surface area (Å²) in [6, 6.07) is 22.6. The van der Waals surface area contributed by atoms with Gasteiger partial charge in [-0.1, -0.05) is 36.4 Å². The second-order valence-corrected chi connectivity index (χ2v) is 8.17. The van der Waals surface area contributed by atoms with Gasteiger partial charge in [-0.3, -0.25) is 19.2 Å². The molecule has 2 atom stereocenters. The summed E-state index contributed by atoms with van der Waals surface area (Å²) in [6.45, 7) is 3.80. The summed E-state index contributed by atoms with van der Waals surface area (Å²) in [6.07, 6.45) is 1.38. The zero-order valence-electron chi connectivity index (χ0n) is 22.4. The average Bonchev–Trinajstić information content (AvgIpc) is 2.99. The standard InChI is InChI=1S/C20H20O4.C11H12O4/c1-4-17(14-8-6-5-7-9-14)18(20(22)24-3)19(21)15-10-12-16(23-2)13-11-15;1-14-9-5-3-8(4-6-9)10(12)7-11(13)15-2/h4-13,17-18H,1H2,2-3H3;3-6H,7H2,1-2H3. The summed E-state index contributed by atoms with van der Waals surface area (Å²) < 4.78 is 19.3. The topological polar surface area (TPSA) is 105 Å². The first-order chi connectivity index (χ1) is 18.8. The Morgan fingerprint density at radius 3 is 1.67 bits per heavy atom. The third kappa shape index (κ3) is 8.67. The van der Waals surface area contributed by atoms with Crippen molar-refractivity contribution >= 4 is 23.5 Å². The van der Waals surface area contributed by atoms with E-state index >= 15 is 0 Å². The Labute approximate surface area is 228 Å². The third-order valence-electron chi connectivity index (χ3n) is 5.85. The van der Waals surface area contributed by atoms with Crippen LogP contribution in [-0.4, -0.2) is 51.9 Å². The van der Waals surface area contributed by atoms with Crippen LogP contribution < -0.4 is 9.47 Å². The van der Waals surface area contributed by atoms with E-state index in [0.717, 1.165) is 5.56 Å². The molecule has 2 unspecified atom stereocenters. The molecule has 0 radical (unpaired) electrons. The van der Waals surface area contributed by atoms with Gasteiger partial charge in [-0.2, -0.15) is 0 Å². The highest BCUT2D eigenvalue weighted by atomic mass is 16.5. The maximum Gasteiger partial charge on any atom is 0.317 e. The van der Waals surface area contributed by atoms with E-state index in [1.807, 2.05) is 30.3 Å². The van der Waals surface area contributed by atoms with Gasteiger partial charge < -0.3 is 18.9 Å². The Bertz CT molecular complexity index is 1250. The summed E-state index contributed by atoms with van der Waals surface area (Å²) in [5.74, 6) is -1.81. The molecule has 3 aromatic carbocycles. The molecule has 0 spiro atoms. The van der Waals surface area contributed by atoms with Gasteiger partial charge in [0.25, 0.3) is 0 Å². The molecule has 0 aliphatic rings. The van der Waals surface area contributed by atoms with E-state index in [4.69, 9.17) is 14.2 Å². The van der Waals surface area contributed by atoms with Gasteiger partial charge in [0.05, 0.1) is 28.4 Å². The summed E-state index contributed by atoms with van der Waals surface area (Å²) in [7, 11) is 5.63. The molecule has 0 fully saturated rings. The minimum Gasteiger partial charge on any atom is -0.497 e. The number of carbonyl (C=O) groups excluding carboxylic acids is 4. The largest absolute Gasteiger partial charge is 0.497 e. The number of hydrogen-bond donors (Lipinski definition) is 0. The van der Waals surface area contributed by atoms with Crippen molar-refractivity contribution in [1.29, 1.82) is 0 Å². The van der Waals surface area contributed by atoms with Crippen LogP contribution in [-0.2, 0) is 19.1 Å². The van der Waals surface area contributed by atoms with E-state index in [0.29, 0.717) is 22.6 Å². The van der Waals surface area contributed by atoms with Gasteiger partial charge in [0, 0.05) is 17.0 Å². The van der Waals surface area contributed by atoms with Gasteiger partial charge in [0.1, 0.15) is 23.8 Å². The first-order valence-corrected chi connectivity index (χ1v) is 12.0. The number of hydrogen-bond acceptors (Lipinski definition) is 8. The molecule has 204 valence electrons. The van der Waals surface area contributed by atoms with Crippen molar-refractivity contribution in [3.05, 3.63) is 108 Å². The number of ketones is 2. The van der Waals surface area contributed by atoms with E-state index in [-0.39, 0.29) is 18.0 Å². The fourth-order valence-corrected chi connectivity index (χ4v) is 3.70. The Hall–Kier alpha value is -4.72. The lowest BCUT2D eigenvalue weighted by Crippen LogP contribution is -2.30. The van der Waals surface area contributed by atoms with Crippen LogP contribution in [0.2, 0.25) is 0 Å². The van der Waals surface area contributed by atoms with E-state index in [1.165, 1.54) is 14.2 Å². The molecule has 0 aliphatic carbocycles. The van der Waals surface area contributed by atoms with Crippen molar-refractivity contribution in [3.8, 4) is 11.5 Å². The maximum absolute atomic E-state index is 12.9. The Kier molecular flexibility index (Phi) is 12.1. The molecule has 39 heavy (non-hydrogen) atoms. The molecule has 0 amide bonds. The van der Waals surface area contributed by atoms with E-state index < -0.39 is 23.8 Å². The molecular weight excluding hydrogens is 500 g/mol. The van der Waals surface area contributed by atoms with Gasteiger partial charge in [0.15, 0.2) is 11.6 Å². The Balaban J connectivity index is 0.000000306. The molecule has 0 heterocycles. The normalized spacial score (nSPS) is 11.5. The molecule has 3 aromatic rings. The second kappa shape index (κ2) is 15.5. The van der Waals surface area contributed by atoms with Gasteiger partial charge in [-0.15, -0.1) is 6.58 Å². The highest BCUT2D eigenvalue weighted by Gasteiger charge is 2.35. The molecule has 0 bridgehead atoms. The summed E-state index contributed by atoms with van der Waals surface area (Å²) in [5, 5.41) is 0. The number of ether oxygens (including phenoxy) is 4. The van der Waals surface area contributed by atoms with Crippen LogP contribution in [0.3, 0.4) is 0 Å². The first-order valence-electron chi connectivity index (χ1n) is 12.0. The molecule has 0 saturated carbocycles. The summed E-state index contributed by atoms with van der Waals surface area (Å²) in [4.78, 5) is 47.6. The Morgan fingerprint density at radius 1 is 0.718 bits per heavy atom. The smallest absolute Gasteiger partial charge is 0.317 e. The van der Waals surface area contributed by atoms with Crippen LogP contribution in [0.15, 0.2) is 91.5 Å². The predicted molar refractivity (Wildman–Crippen MR) is 146 cm³/mol. The van der Waals surface area contributed by atoms with Gasteiger partial charge in [0.2, 0.25) is 0 Å². The number of methoxy groups -OCH3 is 4. The minimum absolute atomic E-state index is 0.233. The molecule has 8 heteroatoms. The van der Waals surface area contributed by atoms with Crippen molar-refractivity contribution in [3.63, 3.8) is 0 Å². The predicted octanol–water partition coefficient (Wildman–Crippen LogP) is 5.08. The zero-order valence-corrected chi connectivity index (χ0v) is 22.4. The number of rotatable bonds is 11. The molecule has 0 aromatic heterocycles.